The Morgan fingerprint density at radius 2 is 1.91 bits per heavy atom. The van der Waals surface area contributed by atoms with Crippen LogP contribution in [0.4, 0.5) is 14.6 Å². The standard InChI is InChI=1S/C23H26ClF2N3O3/c1-13(2)21(30)29-20-10-16(8-9-27-20)22(31)28-15(5)18-7-6-17(11-19(18)24)32-12-23(25,26)14(3)4/h6-11,13,15H,3,12H2,1-2,4-5H3,(H,28,31)(H,27,29,30). The molecule has 2 rings (SSSR count). The molecule has 2 aromatic rings. The van der Waals surface area contributed by atoms with Gasteiger partial charge in [-0.25, -0.2) is 4.98 Å². The van der Waals surface area contributed by atoms with Gasteiger partial charge in [-0.1, -0.05) is 38.1 Å². The highest BCUT2D eigenvalue weighted by atomic mass is 35.5. The predicted octanol–water partition coefficient (Wildman–Crippen LogP) is 5.41. The number of nitrogens with zero attached hydrogens (tertiary/aromatic N) is 1. The largest absolute Gasteiger partial charge is 0.487 e. The van der Waals surface area contributed by atoms with E-state index in [1.54, 1.807) is 26.8 Å². The first-order valence-corrected chi connectivity index (χ1v) is 10.3. The first kappa shape index (κ1) is 25.3. The molecular formula is C23H26ClF2N3O3. The fourth-order valence-electron chi connectivity index (χ4n) is 2.51. The Hall–Kier alpha value is -3.00. The topological polar surface area (TPSA) is 80.3 Å². The van der Waals surface area contributed by atoms with Crippen LogP contribution in [0, 0.1) is 5.92 Å². The van der Waals surface area contributed by atoms with Crippen molar-refractivity contribution in [2.45, 2.75) is 39.7 Å². The average molecular weight is 466 g/mol. The van der Waals surface area contributed by atoms with E-state index in [-0.39, 0.29) is 34.0 Å². The lowest BCUT2D eigenvalue weighted by atomic mass is 10.1. The molecule has 0 aliphatic heterocycles. The van der Waals surface area contributed by atoms with Gasteiger partial charge in [-0.15, -0.1) is 0 Å². The number of ether oxygens (including phenoxy) is 1. The summed E-state index contributed by atoms with van der Waals surface area (Å²) in [4.78, 5) is 28.5. The van der Waals surface area contributed by atoms with E-state index in [0.29, 0.717) is 11.1 Å². The molecule has 0 radical (unpaired) electrons. The molecule has 1 aromatic carbocycles. The summed E-state index contributed by atoms with van der Waals surface area (Å²) in [5.74, 6) is -3.52. The van der Waals surface area contributed by atoms with E-state index in [2.05, 4.69) is 22.2 Å². The van der Waals surface area contributed by atoms with Crippen molar-refractivity contribution >= 4 is 29.2 Å². The van der Waals surface area contributed by atoms with Gasteiger partial charge in [-0.3, -0.25) is 9.59 Å². The van der Waals surface area contributed by atoms with Crippen LogP contribution in [0.3, 0.4) is 0 Å². The van der Waals surface area contributed by atoms with Gasteiger partial charge in [0, 0.05) is 22.7 Å². The van der Waals surface area contributed by atoms with E-state index in [9.17, 15) is 18.4 Å². The quantitative estimate of drug-likeness (QED) is 0.485. The van der Waals surface area contributed by atoms with Crippen LogP contribution >= 0.6 is 11.6 Å². The zero-order chi connectivity index (χ0) is 24.1. The fraction of sp³-hybridized carbons (Fsp3) is 0.348. The van der Waals surface area contributed by atoms with Crippen LogP contribution in [-0.4, -0.2) is 29.3 Å². The summed E-state index contributed by atoms with van der Waals surface area (Å²) in [6.45, 7) is 8.87. The predicted molar refractivity (Wildman–Crippen MR) is 120 cm³/mol. The minimum atomic E-state index is -3.15. The molecule has 2 N–H and O–H groups in total. The van der Waals surface area contributed by atoms with Crippen LogP contribution in [0.15, 0.2) is 48.7 Å². The van der Waals surface area contributed by atoms with Crippen molar-refractivity contribution in [2.24, 2.45) is 5.92 Å². The molecule has 172 valence electrons. The highest BCUT2D eigenvalue weighted by Crippen LogP contribution is 2.29. The number of carbonyl (C=O) groups is 2. The lowest BCUT2D eigenvalue weighted by molar-refractivity contribution is -0.118. The SMILES string of the molecule is C=C(C)C(F)(F)COc1ccc(C(C)NC(=O)c2ccnc(NC(=O)C(C)C)c2)c(Cl)c1. The Labute approximate surface area is 191 Å². The van der Waals surface area contributed by atoms with Crippen LogP contribution < -0.4 is 15.4 Å². The van der Waals surface area contributed by atoms with Crippen LogP contribution in [0.2, 0.25) is 5.02 Å². The summed E-state index contributed by atoms with van der Waals surface area (Å²) < 4.78 is 32.4. The van der Waals surface area contributed by atoms with Gasteiger partial charge in [0.2, 0.25) is 5.91 Å². The molecule has 0 spiro atoms. The summed E-state index contributed by atoms with van der Waals surface area (Å²) in [6, 6.07) is 7.03. The fourth-order valence-corrected chi connectivity index (χ4v) is 2.85. The second kappa shape index (κ2) is 10.5. The number of hydrogen-bond donors (Lipinski definition) is 2. The van der Waals surface area contributed by atoms with Crippen molar-refractivity contribution in [3.63, 3.8) is 0 Å². The van der Waals surface area contributed by atoms with Gasteiger partial charge in [0.1, 0.15) is 11.6 Å². The summed E-state index contributed by atoms with van der Waals surface area (Å²) in [7, 11) is 0. The third-order valence-electron chi connectivity index (χ3n) is 4.63. The van der Waals surface area contributed by atoms with E-state index >= 15 is 0 Å². The third kappa shape index (κ3) is 6.75. The number of rotatable bonds is 9. The van der Waals surface area contributed by atoms with Gasteiger partial charge in [-0.2, -0.15) is 8.78 Å². The first-order chi connectivity index (χ1) is 14.9. The Morgan fingerprint density at radius 1 is 1.22 bits per heavy atom. The highest BCUT2D eigenvalue weighted by molar-refractivity contribution is 6.31. The summed E-state index contributed by atoms with van der Waals surface area (Å²) in [5.41, 5.74) is 0.602. The van der Waals surface area contributed by atoms with E-state index in [1.165, 1.54) is 37.4 Å². The number of hydrogen-bond acceptors (Lipinski definition) is 4. The molecule has 32 heavy (non-hydrogen) atoms. The van der Waals surface area contributed by atoms with Gasteiger partial charge in [0.05, 0.1) is 6.04 Å². The normalized spacial score (nSPS) is 12.2. The molecule has 1 heterocycles. The van der Waals surface area contributed by atoms with Crippen LogP contribution in [0.25, 0.3) is 0 Å². The van der Waals surface area contributed by atoms with Gasteiger partial charge in [0.25, 0.3) is 5.91 Å². The third-order valence-corrected chi connectivity index (χ3v) is 4.96. The number of halogens is 3. The summed E-state index contributed by atoms with van der Waals surface area (Å²) in [6.07, 6.45) is 1.43. The first-order valence-electron chi connectivity index (χ1n) is 9.94. The maximum atomic E-state index is 13.6. The van der Waals surface area contributed by atoms with Crippen molar-refractivity contribution in [1.82, 2.24) is 10.3 Å². The average Bonchev–Trinajstić information content (AvgIpc) is 2.72. The Balaban J connectivity index is 2.06. The smallest absolute Gasteiger partial charge is 0.302 e. The van der Waals surface area contributed by atoms with Crippen molar-refractivity contribution < 1.29 is 23.1 Å². The number of amides is 2. The minimum Gasteiger partial charge on any atom is -0.487 e. The van der Waals surface area contributed by atoms with Crippen LogP contribution in [-0.2, 0) is 4.79 Å². The number of pyridine rings is 1. The Morgan fingerprint density at radius 3 is 2.50 bits per heavy atom. The second-order valence-electron chi connectivity index (χ2n) is 7.73. The van der Waals surface area contributed by atoms with Crippen LogP contribution in [0.5, 0.6) is 5.75 Å². The zero-order valence-electron chi connectivity index (χ0n) is 18.3. The molecule has 1 unspecified atom stereocenters. The van der Waals surface area contributed by atoms with Crippen molar-refractivity contribution in [2.75, 3.05) is 11.9 Å². The van der Waals surface area contributed by atoms with Crippen molar-refractivity contribution in [3.05, 3.63) is 64.8 Å². The molecule has 1 atom stereocenters. The number of anilines is 1. The molecule has 0 saturated carbocycles. The monoisotopic (exact) mass is 465 g/mol. The number of nitrogens with one attached hydrogen (secondary N) is 2. The van der Waals surface area contributed by atoms with Crippen molar-refractivity contribution in [3.8, 4) is 5.75 Å². The molecular weight excluding hydrogens is 440 g/mol. The molecule has 0 bridgehead atoms. The summed E-state index contributed by atoms with van der Waals surface area (Å²) in [5, 5.41) is 5.71. The van der Waals surface area contributed by atoms with E-state index in [4.69, 9.17) is 16.3 Å². The molecule has 0 fully saturated rings. The Kier molecular flexibility index (Phi) is 8.32. The summed E-state index contributed by atoms with van der Waals surface area (Å²) >= 11 is 6.28. The number of carbonyl (C=O) groups excluding carboxylic acids is 2. The van der Waals surface area contributed by atoms with Crippen molar-refractivity contribution in [1.29, 1.82) is 0 Å². The maximum absolute atomic E-state index is 13.6. The molecule has 0 saturated heterocycles. The number of benzene rings is 1. The lowest BCUT2D eigenvalue weighted by Gasteiger charge is -2.19. The molecule has 2 amide bonds. The van der Waals surface area contributed by atoms with E-state index in [0.717, 1.165) is 0 Å². The van der Waals surface area contributed by atoms with Gasteiger partial charge < -0.3 is 15.4 Å². The molecule has 1 aromatic heterocycles. The minimum absolute atomic E-state index is 0.179. The highest BCUT2D eigenvalue weighted by Gasteiger charge is 2.31. The number of alkyl halides is 2. The lowest BCUT2D eigenvalue weighted by Crippen LogP contribution is -2.27. The molecule has 6 nitrogen and oxygen atoms in total. The molecule has 0 aliphatic rings. The number of aromatic nitrogens is 1. The van der Waals surface area contributed by atoms with Crippen LogP contribution in [0.1, 0.15) is 49.7 Å². The maximum Gasteiger partial charge on any atom is 0.302 e. The van der Waals surface area contributed by atoms with Gasteiger partial charge in [-0.05, 0) is 49.2 Å². The van der Waals surface area contributed by atoms with Gasteiger partial charge in [0.15, 0.2) is 6.61 Å². The van der Waals surface area contributed by atoms with E-state index < -0.39 is 24.5 Å². The molecule has 0 aliphatic carbocycles. The van der Waals surface area contributed by atoms with E-state index in [1.807, 2.05) is 0 Å². The Bertz CT molecular complexity index is 1010. The molecule has 9 heteroatoms. The van der Waals surface area contributed by atoms with Gasteiger partial charge >= 0.3 is 5.92 Å². The zero-order valence-corrected chi connectivity index (χ0v) is 19.1. The second-order valence-corrected chi connectivity index (χ2v) is 8.13.